The van der Waals surface area contributed by atoms with Crippen molar-refractivity contribution in [3.05, 3.63) is 65.2 Å². The van der Waals surface area contributed by atoms with Crippen LogP contribution >= 0.6 is 23.8 Å². The van der Waals surface area contributed by atoms with Crippen LogP contribution in [0.4, 0.5) is 5.69 Å². The van der Waals surface area contributed by atoms with Gasteiger partial charge < -0.3 is 15.5 Å². The van der Waals surface area contributed by atoms with E-state index in [1.807, 2.05) is 24.3 Å². The molecule has 3 rings (SSSR count). The second-order valence-electron chi connectivity index (χ2n) is 7.09. The van der Waals surface area contributed by atoms with Crippen molar-refractivity contribution in [2.75, 3.05) is 38.5 Å². The standard InChI is InChI=1S/C21H27ClN4S/c1-16(23-21(27)24-19-10-6-9-18(22)15-19)20(17-7-4-3-5-8-17)26-13-11-25(2)12-14-26/h3-10,15-16,20H,11-14H2,1-2H3,(H2,23,24,27)/t16-,20+/m1/s1. The molecule has 2 atom stereocenters. The third-order valence-corrected chi connectivity index (χ3v) is 5.44. The number of hydrogen-bond donors (Lipinski definition) is 2. The van der Waals surface area contributed by atoms with Crippen LogP contribution in [0.5, 0.6) is 0 Å². The molecule has 2 aromatic rings. The first kappa shape index (κ1) is 20.1. The monoisotopic (exact) mass is 402 g/mol. The SMILES string of the molecule is C[C@@H](NC(=S)Nc1cccc(Cl)c1)[C@@H](c1ccccc1)N1CCN(C)CC1. The Hall–Kier alpha value is -1.66. The van der Waals surface area contributed by atoms with Crippen LogP contribution in [0.15, 0.2) is 54.6 Å². The van der Waals surface area contributed by atoms with Crippen LogP contribution < -0.4 is 10.6 Å². The Morgan fingerprint density at radius 3 is 2.41 bits per heavy atom. The topological polar surface area (TPSA) is 30.5 Å². The zero-order chi connectivity index (χ0) is 19.2. The fourth-order valence-electron chi connectivity index (χ4n) is 3.59. The van der Waals surface area contributed by atoms with Crippen molar-refractivity contribution in [1.82, 2.24) is 15.1 Å². The predicted octanol–water partition coefficient (Wildman–Crippen LogP) is 4.00. The summed E-state index contributed by atoms with van der Waals surface area (Å²) in [6.45, 7) is 6.47. The zero-order valence-corrected chi connectivity index (χ0v) is 17.4. The van der Waals surface area contributed by atoms with Gasteiger partial charge in [-0.05, 0) is 50.0 Å². The Bertz CT molecular complexity index is 747. The van der Waals surface area contributed by atoms with Gasteiger partial charge in [-0.3, -0.25) is 4.90 Å². The maximum atomic E-state index is 6.06. The van der Waals surface area contributed by atoms with E-state index in [0.717, 1.165) is 31.9 Å². The van der Waals surface area contributed by atoms with Gasteiger partial charge in [-0.25, -0.2) is 0 Å². The van der Waals surface area contributed by atoms with Crippen molar-refractivity contribution >= 4 is 34.6 Å². The highest BCUT2D eigenvalue weighted by atomic mass is 35.5. The lowest BCUT2D eigenvalue weighted by Gasteiger charge is -2.41. The van der Waals surface area contributed by atoms with Gasteiger partial charge in [-0.2, -0.15) is 0 Å². The molecule has 27 heavy (non-hydrogen) atoms. The summed E-state index contributed by atoms with van der Waals surface area (Å²) < 4.78 is 0. The summed E-state index contributed by atoms with van der Waals surface area (Å²) in [5.74, 6) is 0. The van der Waals surface area contributed by atoms with E-state index in [9.17, 15) is 0 Å². The molecule has 1 aliphatic heterocycles. The molecule has 0 spiro atoms. The minimum atomic E-state index is 0.162. The van der Waals surface area contributed by atoms with Gasteiger partial charge in [0.2, 0.25) is 0 Å². The van der Waals surface area contributed by atoms with E-state index in [2.05, 4.69) is 64.7 Å². The Morgan fingerprint density at radius 1 is 1.04 bits per heavy atom. The van der Waals surface area contributed by atoms with Gasteiger partial charge in [0.15, 0.2) is 5.11 Å². The quantitative estimate of drug-likeness (QED) is 0.738. The highest BCUT2D eigenvalue weighted by Crippen LogP contribution is 2.26. The number of hydrogen-bond acceptors (Lipinski definition) is 3. The largest absolute Gasteiger partial charge is 0.358 e. The maximum absolute atomic E-state index is 6.06. The number of halogens is 1. The normalized spacial score (nSPS) is 17.9. The smallest absolute Gasteiger partial charge is 0.171 e. The average Bonchev–Trinajstić information content (AvgIpc) is 2.64. The van der Waals surface area contributed by atoms with Crippen LogP contribution in [0.25, 0.3) is 0 Å². The summed E-state index contributed by atoms with van der Waals surface area (Å²) in [6.07, 6.45) is 0. The molecule has 2 aromatic carbocycles. The summed E-state index contributed by atoms with van der Waals surface area (Å²) in [4.78, 5) is 4.93. The number of anilines is 1. The molecule has 1 aliphatic rings. The summed E-state index contributed by atoms with van der Waals surface area (Å²) in [7, 11) is 2.18. The summed E-state index contributed by atoms with van der Waals surface area (Å²) in [6, 6.07) is 18.7. The van der Waals surface area contributed by atoms with Crippen molar-refractivity contribution in [1.29, 1.82) is 0 Å². The Labute approximate surface area is 172 Å². The van der Waals surface area contributed by atoms with Gasteiger partial charge in [-0.1, -0.05) is 48.0 Å². The molecule has 0 aliphatic carbocycles. The first-order valence-electron chi connectivity index (χ1n) is 9.33. The van der Waals surface area contributed by atoms with E-state index in [1.54, 1.807) is 0 Å². The average molecular weight is 403 g/mol. The van der Waals surface area contributed by atoms with E-state index < -0.39 is 0 Å². The van der Waals surface area contributed by atoms with Crippen molar-refractivity contribution in [2.45, 2.75) is 19.0 Å². The van der Waals surface area contributed by atoms with Crippen LogP contribution in [0.1, 0.15) is 18.5 Å². The van der Waals surface area contributed by atoms with Gasteiger partial charge in [0.05, 0.1) is 6.04 Å². The predicted molar refractivity (Wildman–Crippen MR) is 119 cm³/mol. The third kappa shape index (κ3) is 5.66. The second kappa shape index (κ2) is 9.51. The van der Waals surface area contributed by atoms with E-state index in [0.29, 0.717) is 10.1 Å². The molecule has 1 fully saturated rings. The minimum absolute atomic E-state index is 0.162. The Morgan fingerprint density at radius 2 is 1.74 bits per heavy atom. The zero-order valence-electron chi connectivity index (χ0n) is 15.9. The van der Waals surface area contributed by atoms with Gasteiger partial charge in [0, 0.05) is 42.9 Å². The highest BCUT2D eigenvalue weighted by Gasteiger charge is 2.28. The molecule has 2 N–H and O–H groups in total. The summed E-state index contributed by atoms with van der Waals surface area (Å²) in [5, 5.41) is 8.02. The lowest BCUT2D eigenvalue weighted by molar-refractivity contribution is 0.0973. The summed E-state index contributed by atoms with van der Waals surface area (Å²) >= 11 is 11.6. The van der Waals surface area contributed by atoms with E-state index in [4.69, 9.17) is 23.8 Å². The van der Waals surface area contributed by atoms with E-state index in [1.165, 1.54) is 5.56 Å². The molecule has 1 saturated heterocycles. The molecule has 0 aromatic heterocycles. The molecule has 6 heteroatoms. The summed E-state index contributed by atoms with van der Waals surface area (Å²) in [5.41, 5.74) is 2.20. The van der Waals surface area contributed by atoms with Crippen LogP contribution in [0.3, 0.4) is 0 Å². The molecule has 0 saturated carbocycles. The molecule has 0 radical (unpaired) electrons. The minimum Gasteiger partial charge on any atom is -0.358 e. The number of rotatable bonds is 5. The highest BCUT2D eigenvalue weighted by molar-refractivity contribution is 7.80. The molecular weight excluding hydrogens is 376 g/mol. The van der Waals surface area contributed by atoms with Gasteiger partial charge in [0.25, 0.3) is 0 Å². The fourth-order valence-corrected chi connectivity index (χ4v) is 4.08. The molecule has 144 valence electrons. The Balaban J connectivity index is 1.70. The molecular formula is C21H27ClN4S. The maximum Gasteiger partial charge on any atom is 0.171 e. The van der Waals surface area contributed by atoms with Gasteiger partial charge in [0.1, 0.15) is 0 Å². The molecule has 0 amide bonds. The molecule has 1 heterocycles. The van der Waals surface area contributed by atoms with Gasteiger partial charge >= 0.3 is 0 Å². The molecule has 0 bridgehead atoms. The number of piperazine rings is 1. The first-order chi connectivity index (χ1) is 13.0. The number of nitrogens with zero attached hydrogens (tertiary/aromatic N) is 2. The van der Waals surface area contributed by atoms with Crippen molar-refractivity contribution < 1.29 is 0 Å². The number of nitrogens with one attached hydrogen (secondary N) is 2. The number of thiocarbonyl (C=S) groups is 1. The molecule has 0 unspecified atom stereocenters. The second-order valence-corrected chi connectivity index (χ2v) is 7.94. The lowest BCUT2D eigenvalue weighted by Crippen LogP contribution is -2.52. The fraction of sp³-hybridized carbons (Fsp3) is 0.381. The number of benzene rings is 2. The van der Waals surface area contributed by atoms with E-state index >= 15 is 0 Å². The van der Waals surface area contributed by atoms with Crippen LogP contribution in [-0.4, -0.2) is 54.2 Å². The van der Waals surface area contributed by atoms with Crippen molar-refractivity contribution in [2.24, 2.45) is 0 Å². The van der Waals surface area contributed by atoms with Crippen molar-refractivity contribution in [3.63, 3.8) is 0 Å². The van der Waals surface area contributed by atoms with Crippen molar-refractivity contribution in [3.8, 4) is 0 Å². The van der Waals surface area contributed by atoms with Crippen LogP contribution in [0.2, 0.25) is 5.02 Å². The Kier molecular flexibility index (Phi) is 7.07. The number of likely N-dealkylation sites (N-methyl/N-ethyl adjacent to an activating group) is 1. The van der Waals surface area contributed by atoms with Crippen LogP contribution in [0, 0.1) is 0 Å². The third-order valence-electron chi connectivity index (χ3n) is 4.99. The van der Waals surface area contributed by atoms with E-state index in [-0.39, 0.29) is 12.1 Å². The molecule has 4 nitrogen and oxygen atoms in total. The van der Waals surface area contributed by atoms with Gasteiger partial charge in [-0.15, -0.1) is 0 Å². The first-order valence-corrected chi connectivity index (χ1v) is 10.1. The van der Waals surface area contributed by atoms with Crippen LogP contribution in [-0.2, 0) is 0 Å². The lowest BCUT2D eigenvalue weighted by atomic mass is 9.98.